The van der Waals surface area contributed by atoms with Gasteiger partial charge < -0.3 is 19.4 Å². The van der Waals surface area contributed by atoms with E-state index in [1.54, 1.807) is 19.1 Å². The first-order chi connectivity index (χ1) is 16.0. The van der Waals surface area contributed by atoms with E-state index >= 15 is 0 Å². The number of carbonyl (C=O) groups is 1. The van der Waals surface area contributed by atoms with Crippen molar-refractivity contribution in [2.24, 2.45) is 0 Å². The number of amides is 1. The molecule has 170 valence electrons. The molecule has 10 nitrogen and oxygen atoms in total. The molecule has 3 heterocycles. The van der Waals surface area contributed by atoms with E-state index in [-0.39, 0.29) is 42.4 Å². The molecule has 0 aliphatic rings. The Morgan fingerprint density at radius 1 is 1.21 bits per heavy atom. The highest BCUT2D eigenvalue weighted by Gasteiger charge is 2.17. The predicted molar refractivity (Wildman–Crippen MR) is 118 cm³/mol. The fraction of sp³-hybridized carbons (Fsp3) is 0.261. The van der Waals surface area contributed by atoms with Gasteiger partial charge in [0.1, 0.15) is 23.3 Å². The summed E-state index contributed by atoms with van der Waals surface area (Å²) < 4.78 is 11.8. The fourth-order valence-electron chi connectivity index (χ4n) is 3.30. The zero-order valence-corrected chi connectivity index (χ0v) is 18.0. The minimum Gasteiger partial charge on any atom is -0.467 e. The van der Waals surface area contributed by atoms with Crippen molar-refractivity contribution in [3.8, 4) is 22.8 Å². The SMILES string of the molecule is Cc1ncc(-c2nc(-c3ccccc3)no2)c(=O)n1CCC(=O)NCCC(O)c1ccco1. The maximum absolute atomic E-state index is 13.0. The van der Waals surface area contributed by atoms with E-state index in [1.807, 2.05) is 30.3 Å². The smallest absolute Gasteiger partial charge is 0.266 e. The molecule has 0 aliphatic heterocycles. The molecule has 4 rings (SSSR count). The topological polar surface area (TPSA) is 136 Å². The molecule has 0 fully saturated rings. The van der Waals surface area contributed by atoms with Gasteiger partial charge in [0.15, 0.2) is 0 Å². The van der Waals surface area contributed by atoms with Crippen LogP contribution in [0.3, 0.4) is 0 Å². The van der Waals surface area contributed by atoms with Crippen molar-refractivity contribution in [1.82, 2.24) is 25.0 Å². The number of aryl methyl sites for hydroxylation is 1. The molecule has 1 atom stereocenters. The van der Waals surface area contributed by atoms with Crippen LogP contribution >= 0.6 is 0 Å². The van der Waals surface area contributed by atoms with Gasteiger partial charge in [-0.2, -0.15) is 4.98 Å². The third-order valence-electron chi connectivity index (χ3n) is 5.11. The minimum absolute atomic E-state index is 0.0662. The Morgan fingerprint density at radius 3 is 2.79 bits per heavy atom. The van der Waals surface area contributed by atoms with Crippen LogP contribution in [-0.4, -0.2) is 37.3 Å². The Balaban J connectivity index is 1.39. The van der Waals surface area contributed by atoms with Crippen LogP contribution in [0.2, 0.25) is 0 Å². The number of aliphatic hydroxyl groups is 1. The Morgan fingerprint density at radius 2 is 2.03 bits per heavy atom. The average molecular weight is 449 g/mol. The molecule has 3 aromatic heterocycles. The average Bonchev–Trinajstić information content (AvgIpc) is 3.52. The summed E-state index contributed by atoms with van der Waals surface area (Å²) in [5.41, 5.74) is 0.561. The quantitative estimate of drug-likeness (QED) is 0.398. The van der Waals surface area contributed by atoms with Gasteiger partial charge in [0.25, 0.3) is 11.4 Å². The summed E-state index contributed by atoms with van der Waals surface area (Å²) in [6.07, 6.45) is 2.47. The number of furan rings is 1. The Labute approximate surface area is 188 Å². The molecule has 4 aromatic rings. The van der Waals surface area contributed by atoms with Gasteiger partial charge in [0.05, 0.1) is 6.26 Å². The number of nitrogens with one attached hydrogen (secondary N) is 1. The summed E-state index contributed by atoms with van der Waals surface area (Å²) in [7, 11) is 0. The summed E-state index contributed by atoms with van der Waals surface area (Å²) in [5.74, 6) is 1.10. The van der Waals surface area contributed by atoms with Gasteiger partial charge in [-0.15, -0.1) is 0 Å². The third-order valence-corrected chi connectivity index (χ3v) is 5.11. The van der Waals surface area contributed by atoms with Crippen LogP contribution in [0.1, 0.15) is 30.5 Å². The van der Waals surface area contributed by atoms with Crippen molar-refractivity contribution in [1.29, 1.82) is 0 Å². The highest BCUT2D eigenvalue weighted by Crippen LogP contribution is 2.19. The minimum atomic E-state index is -0.791. The normalized spacial score (nSPS) is 11.9. The number of hydrogen-bond donors (Lipinski definition) is 2. The van der Waals surface area contributed by atoms with Gasteiger partial charge in [-0.25, -0.2) is 4.98 Å². The van der Waals surface area contributed by atoms with Crippen LogP contribution in [0.5, 0.6) is 0 Å². The number of nitrogens with zero attached hydrogens (tertiary/aromatic N) is 4. The summed E-state index contributed by atoms with van der Waals surface area (Å²) in [4.78, 5) is 33.8. The van der Waals surface area contributed by atoms with Crippen molar-refractivity contribution >= 4 is 5.91 Å². The molecule has 0 spiro atoms. The van der Waals surface area contributed by atoms with Gasteiger partial charge in [-0.1, -0.05) is 35.5 Å². The van der Waals surface area contributed by atoms with E-state index in [2.05, 4.69) is 20.4 Å². The number of benzene rings is 1. The van der Waals surface area contributed by atoms with Crippen LogP contribution in [0, 0.1) is 6.92 Å². The lowest BCUT2D eigenvalue weighted by atomic mass is 10.2. The van der Waals surface area contributed by atoms with Crippen LogP contribution in [0.15, 0.2) is 68.7 Å². The summed E-state index contributed by atoms with van der Waals surface area (Å²) in [6, 6.07) is 12.6. The van der Waals surface area contributed by atoms with Gasteiger partial charge in [0.2, 0.25) is 11.7 Å². The van der Waals surface area contributed by atoms with E-state index < -0.39 is 6.10 Å². The second kappa shape index (κ2) is 10.0. The van der Waals surface area contributed by atoms with Gasteiger partial charge in [-0.3, -0.25) is 14.2 Å². The van der Waals surface area contributed by atoms with Gasteiger partial charge in [-0.05, 0) is 25.5 Å². The first-order valence-corrected chi connectivity index (χ1v) is 10.5. The van der Waals surface area contributed by atoms with Crippen molar-refractivity contribution < 1.29 is 18.8 Å². The molecule has 0 aliphatic carbocycles. The van der Waals surface area contributed by atoms with Crippen LogP contribution in [0.4, 0.5) is 0 Å². The highest BCUT2D eigenvalue weighted by atomic mass is 16.5. The zero-order chi connectivity index (χ0) is 23.2. The number of aromatic nitrogens is 4. The highest BCUT2D eigenvalue weighted by molar-refractivity contribution is 5.75. The standard InChI is InChI=1S/C23H23N5O5/c1-15-25-14-17(22-26-21(27-33-22)16-6-3-2-4-7-16)23(31)28(15)12-10-20(30)24-11-9-18(29)19-8-5-13-32-19/h2-8,13-14,18,29H,9-12H2,1H3,(H,24,30). The first kappa shape index (κ1) is 22.2. The molecule has 0 bridgehead atoms. The van der Waals surface area contributed by atoms with Crippen LogP contribution < -0.4 is 10.9 Å². The second-order valence-corrected chi connectivity index (χ2v) is 7.38. The van der Waals surface area contributed by atoms with Gasteiger partial charge >= 0.3 is 0 Å². The van der Waals surface area contributed by atoms with E-state index in [0.29, 0.717) is 23.8 Å². The lowest BCUT2D eigenvalue weighted by Gasteiger charge is -2.11. The molecule has 33 heavy (non-hydrogen) atoms. The molecule has 0 radical (unpaired) electrons. The zero-order valence-electron chi connectivity index (χ0n) is 18.0. The molecular weight excluding hydrogens is 426 g/mol. The fourth-order valence-corrected chi connectivity index (χ4v) is 3.30. The Kier molecular flexibility index (Phi) is 6.75. The second-order valence-electron chi connectivity index (χ2n) is 7.38. The molecule has 1 aromatic carbocycles. The molecule has 10 heteroatoms. The van der Waals surface area contributed by atoms with Crippen molar-refractivity contribution in [2.45, 2.75) is 32.4 Å². The largest absolute Gasteiger partial charge is 0.467 e. The third kappa shape index (κ3) is 5.24. The Bertz CT molecular complexity index is 1260. The number of aliphatic hydroxyl groups excluding tert-OH is 1. The lowest BCUT2D eigenvalue weighted by Crippen LogP contribution is -2.30. The summed E-state index contributed by atoms with van der Waals surface area (Å²) >= 11 is 0. The van der Waals surface area contributed by atoms with Crippen LogP contribution in [-0.2, 0) is 11.3 Å². The predicted octanol–water partition coefficient (Wildman–Crippen LogP) is 2.49. The first-order valence-electron chi connectivity index (χ1n) is 10.5. The molecule has 1 amide bonds. The van der Waals surface area contributed by atoms with E-state index in [4.69, 9.17) is 8.94 Å². The van der Waals surface area contributed by atoms with Gasteiger partial charge in [0, 0.05) is 31.3 Å². The monoisotopic (exact) mass is 449 g/mol. The number of carbonyl (C=O) groups excluding carboxylic acids is 1. The van der Waals surface area contributed by atoms with Crippen molar-refractivity contribution in [3.05, 3.63) is 76.9 Å². The van der Waals surface area contributed by atoms with E-state index in [1.165, 1.54) is 17.0 Å². The van der Waals surface area contributed by atoms with E-state index in [9.17, 15) is 14.7 Å². The van der Waals surface area contributed by atoms with Crippen molar-refractivity contribution in [3.63, 3.8) is 0 Å². The van der Waals surface area contributed by atoms with Crippen molar-refractivity contribution in [2.75, 3.05) is 6.54 Å². The molecule has 1 unspecified atom stereocenters. The maximum atomic E-state index is 13.0. The summed E-state index contributed by atoms with van der Waals surface area (Å²) in [6.45, 7) is 2.10. The molecule has 2 N–H and O–H groups in total. The molecule has 0 saturated carbocycles. The number of rotatable bonds is 9. The van der Waals surface area contributed by atoms with E-state index in [0.717, 1.165) is 5.56 Å². The molecule has 0 saturated heterocycles. The maximum Gasteiger partial charge on any atom is 0.266 e. The summed E-state index contributed by atoms with van der Waals surface area (Å²) in [5, 5.41) is 16.7. The number of hydrogen-bond acceptors (Lipinski definition) is 8. The Hall–Kier alpha value is -4.05. The van der Waals surface area contributed by atoms with Crippen LogP contribution in [0.25, 0.3) is 22.8 Å². The lowest BCUT2D eigenvalue weighted by molar-refractivity contribution is -0.121. The molecular formula is C23H23N5O5.